The minimum atomic E-state index is -0.275. The molecule has 0 radical (unpaired) electrons. The SMILES string of the molecule is Cc1nnc(SCCNC(=O)C2CCCN2C(=O)C2CCCCC2)s1. The Kier molecular flexibility index (Phi) is 6.70. The van der Waals surface area contributed by atoms with Crippen molar-refractivity contribution < 1.29 is 9.59 Å². The van der Waals surface area contributed by atoms with Crippen LogP contribution >= 0.6 is 23.1 Å². The lowest BCUT2D eigenvalue weighted by molar-refractivity contribution is -0.142. The lowest BCUT2D eigenvalue weighted by Gasteiger charge is -2.30. The van der Waals surface area contributed by atoms with E-state index in [0.29, 0.717) is 6.54 Å². The number of hydrogen-bond donors (Lipinski definition) is 1. The first kappa shape index (κ1) is 18.6. The van der Waals surface area contributed by atoms with E-state index in [9.17, 15) is 9.59 Å². The molecule has 8 heteroatoms. The highest BCUT2D eigenvalue weighted by atomic mass is 32.2. The summed E-state index contributed by atoms with van der Waals surface area (Å²) in [5.41, 5.74) is 0. The molecule has 1 saturated heterocycles. The second-order valence-corrected chi connectivity index (χ2v) is 9.27. The predicted molar refractivity (Wildman–Crippen MR) is 99.7 cm³/mol. The van der Waals surface area contributed by atoms with Gasteiger partial charge in [0, 0.05) is 24.8 Å². The normalized spacial score (nSPS) is 21.5. The fourth-order valence-electron chi connectivity index (χ4n) is 3.65. The highest BCUT2D eigenvalue weighted by Crippen LogP contribution is 2.29. The highest BCUT2D eigenvalue weighted by molar-refractivity contribution is 8.01. The fraction of sp³-hybridized carbons (Fsp3) is 0.765. The molecule has 25 heavy (non-hydrogen) atoms. The van der Waals surface area contributed by atoms with Gasteiger partial charge in [0.15, 0.2) is 4.34 Å². The Bertz CT molecular complexity index is 601. The van der Waals surface area contributed by atoms with Gasteiger partial charge < -0.3 is 10.2 Å². The van der Waals surface area contributed by atoms with Crippen LogP contribution < -0.4 is 5.32 Å². The van der Waals surface area contributed by atoms with Crippen molar-refractivity contribution in [3.8, 4) is 0 Å². The minimum Gasteiger partial charge on any atom is -0.353 e. The molecule has 1 atom stereocenters. The number of aryl methyl sites for hydroxylation is 1. The average molecular weight is 383 g/mol. The van der Waals surface area contributed by atoms with E-state index in [1.807, 2.05) is 11.8 Å². The molecule has 1 aromatic rings. The van der Waals surface area contributed by atoms with Crippen LogP contribution in [0, 0.1) is 12.8 Å². The first-order valence-electron chi connectivity index (χ1n) is 9.16. The zero-order valence-electron chi connectivity index (χ0n) is 14.7. The summed E-state index contributed by atoms with van der Waals surface area (Å²) in [4.78, 5) is 27.1. The van der Waals surface area contributed by atoms with Crippen LogP contribution in [0.1, 0.15) is 50.0 Å². The quantitative estimate of drug-likeness (QED) is 0.605. The average Bonchev–Trinajstić information content (AvgIpc) is 3.28. The Morgan fingerprint density at radius 3 is 2.72 bits per heavy atom. The molecule has 1 aliphatic carbocycles. The van der Waals surface area contributed by atoms with Crippen LogP contribution in [0.2, 0.25) is 0 Å². The van der Waals surface area contributed by atoms with Gasteiger partial charge >= 0.3 is 0 Å². The summed E-state index contributed by atoms with van der Waals surface area (Å²) in [6, 6.07) is -0.275. The Labute approximate surface area is 157 Å². The van der Waals surface area contributed by atoms with Crippen LogP contribution in [0.5, 0.6) is 0 Å². The topological polar surface area (TPSA) is 75.2 Å². The van der Waals surface area contributed by atoms with Gasteiger partial charge in [-0.1, -0.05) is 42.4 Å². The van der Waals surface area contributed by atoms with Gasteiger partial charge in [-0.25, -0.2) is 0 Å². The Balaban J connectivity index is 1.44. The second-order valence-electron chi connectivity index (χ2n) is 6.75. The number of carbonyl (C=O) groups excluding carboxylic acids is 2. The van der Waals surface area contributed by atoms with Crippen molar-refractivity contribution in [1.29, 1.82) is 0 Å². The number of rotatable bonds is 6. The molecule has 2 fully saturated rings. The van der Waals surface area contributed by atoms with Crippen molar-refractivity contribution in [2.24, 2.45) is 5.92 Å². The van der Waals surface area contributed by atoms with Crippen LogP contribution in [-0.2, 0) is 9.59 Å². The fourth-order valence-corrected chi connectivity index (χ4v) is 5.40. The summed E-state index contributed by atoms with van der Waals surface area (Å²) >= 11 is 3.17. The Morgan fingerprint density at radius 2 is 2.00 bits per heavy atom. The number of likely N-dealkylation sites (tertiary alicyclic amines) is 1. The molecule has 1 unspecified atom stereocenters. The molecule has 0 bridgehead atoms. The van der Waals surface area contributed by atoms with E-state index in [4.69, 9.17) is 0 Å². The van der Waals surface area contributed by atoms with Gasteiger partial charge in [0.2, 0.25) is 11.8 Å². The van der Waals surface area contributed by atoms with Crippen LogP contribution in [0.25, 0.3) is 0 Å². The zero-order valence-corrected chi connectivity index (χ0v) is 16.3. The molecule has 2 amide bonds. The molecule has 2 heterocycles. The summed E-state index contributed by atoms with van der Waals surface area (Å²) in [7, 11) is 0. The van der Waals surface area contributed by atoms with Gasteiger partial charge in [-0.3, -0.25) is 9.59 Å². The Morgan fingerprint density at radius 1 is 1.20 bits per heavy atom. The van der Waals surface area contributed by atoms with Crippen molar-refractivity contribution in [2.45, 2.75) is 62.3 Å². The lowest BCUT2D eigenvalue weighted by atomic mass is 9.88. The van der Waals surface area contributed by atoms with E-state index in [-0.39, 0.29) is 23.8 Å². The van der Waals surface area contributed by atoms with Crippen LogP contribution in [0.4, 0.5) is 0 Å². The van der Waals surface area contributed by atoms with Crippen molar-refractivity contribution in [3.63, 3.8) is 0 Å². The summed E-state index contributed by atoms with van der Waals surface area (Å²) < 4.78 is 0.932. The number of carbonyl (C=O) groups is 2. The molecule has 2 aliphatic rings. The number of nitrogens with one attached hydrogen (secondary N) is 1. The van der Waals surface area contributed by atoms with Crippen LogP contribution in [0.15, 0.2) is 4.34 Å². The number of amides is 2. The number of aromatic nitrogens is 2. The van der Waals surface area contributed by atoms with Gasteiger partial charge in [-0.2, -0.15) is 0 Å². The summed E-state index contributed by atoms with van der Waals surface area (Å²) in [5.74, 6) is 1.11. The molecule has 1 aromatic heterocycles. The summed E-state index contributed by atoms with van der Waals surface area (Å²) in [6.45, 7) is 3.25. The summed E-state index contributed by atoms with van der Waals surface area (Å²) in [5, 5.41) is 12.0. The third-order valence-corrected chi connectivity index (χ3v) is 6.90. The van der Waals surface area contributed by atoms with Gasteiger partial charge in [-0.05, 0) is 32.6 Å². The van der Waals surface area contributed by atoms with Crippen molar-refractivity contribution >= 4 is 34.9 Å². The van der Waals surface area contributed by atoms with Gasteiger partial charge in [0.05, 0.1) is 0 Å². The van der Waals surface area contributed by atoms with Crippen molar-refractivity contribution in [3.05, 3.63) is 5.01 Å². The number of thioether (sulfide) groups is 1. The lowest BCUT2D eigenvalue weighted by Crippen LogP contribution is -2.48. The van der Waals surface area contributed by atoms with Crippen molar-refractivity contribution in [1.82, 2.24) is 20.4 Å². The summed E-state index contributed by atoms with van der Waals surface area (Å²) in [6.07, 6.45) is 7.21. The van der Waals surface area contributed by atoms with Crippen LogP contribution in [0.3, 0.4) is 0 Å². The second kappa shape index (κ2) is 8.98. The maximum absolute atomic E-state index is 12.8. The molecular weight excluding hydrogens is 356 g/mol. The first-order chi connectivity index (χ1) is 12.1. The zero-order chi connectivity index (χ0) is 17.6. The molecule has 0 aromatic carbocycles. The smallest absolute Gasteiger partial charge is 0.242 e. The molecule has 0 spiro atoms. The van der Waals surface area contributed by atoms with Gasteiger partial charge in [0.25, 0.3) is 0 Å². The van der Waals surface area contributed by atoms with Crippen LogP contribution in [-0.4, -0.2) is 51.8 Å². The first-order valence-corrected chi connectivity index (χ1v) is 11.0. The largest absolute Gasteiger partial charge is 0.353 e. The van der Waals surface area contributed by atoms with Crippen molar-refractivity contribution in [2.75, 3.05) is 18.8 Å². The number of hydrogen-bond acceptors (Lipinski definition) is 6. The van der Waals surface area contributed by atoms with E-state index in [0.717, 1.165) is 60.2 Å². The standard InChI is InChI=1S/C17H26N4O2S2/c1-12-19-20-17(25-12)24-11-9-18-15(22)14-8-5-10-21(14)16(23)13-6-3-2-4-7-13/h13-14H,2-11H2,1H3,(H,18,22). The molecule has 6 nitrogen and oxygen atoms in total. The van der Waals surface area contributed by atoms with Gasteiger partial charge in [-0.15, -0.1) is 10.2 Å². The molecule has 1 aliphatic heterocycles. The monoisotopic (exact) mass is 382 g/mol. The number of nitrogens with zero attached hydrogens (tertiary/aromatic N) is 3. The van der Waals surface area contributed by atoms with E-state index in [2.05, 4.69) is 15.5 Å². The van der Waals surface area contributed by atoms with E-state index in [1.54, 1.807) is 23.1 Å². The molecule has 138 valence electrons. The van der Waals surface area contributed by atoms with Gasteiger partial charge in [0.1, 0.15) is 11.0 Å². The third-order valence-electron chi connectivity index (χ3n) is 4.93. The minimum absolute atomic E-state index is 0.00398. The molecule has 1 N–H and O–H groups in total. The highest BCUT2D eigenvalue weighted by Gasteiger charge is 2.37. The van der Waals surface area contributed by atoms with E-state index >= 15 is 0 Å². The predicted octanol–water partition coefficient (Wildman–Crippen LogP) is 2.63. The maximum atomic E-state index is 12.8. The van der Waals surface area contributed by atoms with E-state index < -0.39 is 0 Å². The third kappa shape index (κ3) is 4.94. The molecule has 3 rings (SSSR count). The van der Waals surface area contributed by atoms with E-state index in [1.165, 1.54) is 6.42 Å². The molecular formula is C17H26N4O2S2. The molecule has 1 saturated carbocycles. The Hall–Kier alpha value is -1.15. The maximum Gasteiger partial charge on any atom is 0.242 e.